The minimum absolute atomic E-state index is 0.240. The normalized spacial score (nSPS) is 12.0. The van der Waals surface area contributed by atoms with E-state index >= 15 is 0 Å². The van der Waals surface area contributed by atoms with E-state index in [9.17, 15) is 9.59 Å². The van der Waals surface area contributed by atoms with Gasteiger partial charge in [-0.1, -0.05) is 0 Å². The smallest absolute Gasteiger partial charge is 0.262 e. The van der Waals surface area contributed by atoms with Crippen molar-refractivity contribution in [2.24, 2.45) is 0 Å². The Morgan fingerprint density at radius 1 is 1.50 bits per heavy atom. The van der Waals surface area contributed by atoms with Crippen molar-refractivity contribution in [3.63, 3.8) is 0 Å². The Morgan fingerprint density at radius 3 is 2.88 bits per heavy atom. The van der Waals surface area contributed by atoms with Crippen LogP contribution in [0.25, 0.3) is 0 Å². The lowest BCUT2D eigenvalue weighted by atomic mass is 10.3. The number of carbonyl (C=O) groups is 2. The molecule has 1 unspecified atom stereocenters. The fraction of sp³-hybridized carbons (Fsp3) is 0.429. The highest BCUT2D eigenvalue weighted by Gasteiger charge is 2.17. The molecular formula is C14H18BrN5O2S2. The van der Waals surface area contributed by atoms with Gasteiger partial charge in [0.25, 0.3) is 5.91 Å². The van der Waals surface area contributed by atoms with Gasteiger partial charge >= 0.3 is 0 Å². The number of nitrogens with zero attached hydrogens (tertiary/aromatic N) is 2. The monoisotopic (exact) mass is 431 g/mol. The predicted molar refractivity (Wildman–Crippen MR) is 98.7 cm³/mol. The molecule has 1 atom stereocenters. The molecule has 0 aliphatic heterocycles. The van der Waals surface area contributed by atoms with E-state index in [1.165, 1.54) is 11.3 Å². The van der Waals surface area contributed by atoms with Gasteiger partial charge < -0.3 is 15.2 Å². The van der Waals surface area contributed by atoms with Crippen LogP contribution in [-0.4, -0.2) is 39.2 Å². The molecule has 24 heavy (non-hydrogen) atoms. The molecule has 0 saturated heterocycles. The Bertz CT molecular complexity index is 782. The van der Waals surface area contributed by atoms with Crippen molar-refractivity contribution in [3.05, 3.63) is 31.4 Å². The molecule has 10 heteroatoms. The Labute approximate surface area is 157 Å². The number of amides is 2. The van der Waals surface area contributed by atoms with E-state index in [1.54, 1.807) is 19.1 Å². The molecule has 130 valence electrons. The number of hydrogen-bond acceptors (Lipinski definition) is 5. The quantitative estimate of drug-likeness (QED) is 0.586. The third-order valence-electron chi connectivity index (χ3n) is 3.34. The summed E-state index contributed by atoms with van der Waals surface area (Å²) in [4.78, 5) is 24.7. The molecule has 0 fully saturated rings. The van der Waals surface area contributed by atoms with Crippen molar-refractivity contribution in [3.8, 4) is 0 Å². The first-order valence-corrected chi connectivity index (χ1v) is 9.42. The van der Waals surface area contributed by atoms with E-state index in [0.717, 1.165) is 16.2 Å². The van der Waals surface area contributed by atoms with E-state index in [0.29, 0.717) is 22.6 Å². The van der Waals surface area contributed by atoms with Crippen LogP contribution >= 0.6 is 39.5 Å². The van der Waals surface area contributed by atoms with Crippen LogP contribution in [-0.2, 0) is 17.8 Å². The molecule has 0 spiro atoms. The van der Waals surface area contributed by atoms with Gasteiger partial charge in [-0.25, -0.2) is 0 Å². The number of halogens is 1. The van der Waals surface area contributed by atoms with Crippen LogP contribution < -0.4 is 10.6 Å². The zero-order valence-corrected chi connectivity index (χ0v) is 16.5. The first kappa shape index (κ1) is 18.8. The van der Waals surface area contributed by atoms with Crippen molar-refractivity contribution in [2.75, 3.05) is 6.54 Å². The van der Waals surface area contributed by atoms with Gasteiger partial charge in [0.2, 0.25) is 5.91 Å². The van der Waals surface area contributed by atoms with Gasteiger partial charge in [0.1, 0.15) is 11.9 Å². The Morgan fingerprint density at radius 2 is 2.25 bits per heavy atom. The maximum absolute atomic E-state index is 12.1. The molecule has 2 aromatic rings. The minimum atomic E-state index is -0.620. The summed E-state index contributed by atoms with van der Waals surface area (Å²) in [5.41, 5.74) is 0. The molecule has 2 amide bonds. The summed E-state index contributed by atoms with van der Waals surface area (Å²) < 4.78 is 3.32. The van der Waals surface area contributed by atoms with Crippen molar-refractivity contribution in [2.45, 2.75) is 32.9 Å². The topological polar surface area (TPSA) is 91.8 Å². The standard InChI is InChI=1S/C14H18BrN5O2S2/c1-3-20-11(18-19-14(20)23)6-7-16-12(21)8(2)17-13(22)9-4-5-10(15)24-9/h4-5,8H,3,6-7H2,1-2H3,(H,16,21)(H,17,22)(H,19,23). The number of carbonyl (C=O) groups excluding carboxylic acids is 2. The number of aromatic nitrogens is 3. The zero-order valence-electron chi connectivity index (χ0n) is 13.3. The van der Waals surface area contributed by atoms with Crippen molar-refractivity contribution in [1.82, 2.24) is 25.4 Å². The lowest BCUT2D eigenvalue weighted by Crippen LogP contribution is -2.45. The highest BCUT2D eigenvalue weighted by atomic mass is 79.9. The molecule has 2 rings (SSSR count). The molecule has 0 radical (unpaired) electrons. The average Bonchev–Trinajstić information content (AvgIpc) is 3.13. The molecule has 0 bridgehead atoms. The molecule has 7 nitrogen and oxygen atoms in total. The third-order valence-corrected chi connectivity index (χ3v) is 5.27. The molecule has 2 heterocycles. The second-order valence-corrected chi connectivity index (χ2v) is 7.88. The number of H-pyrrole nitrogens is 1. The number of thiophene rings is 1. The van der Waals surface area contributed by atoms with Crippen LogP contribution in [0.2, 0.25) is 0 Å². The molecule has 3 N–H and O–H groups in total. The van der Waals surface area contributed by atoms with Gasteiger partial charge in [0, 0.05) is 19.5 Å². The highest BCUT2D eigenvalue weighted by Crippen LogP contribution is 2.21. The SMILES string of the molecule is CCn1c(CCNC(=O)C(C)NC(=O)c2ccc(Br)s2)n[nH]c1=S. The molecule has 2 aromatic heterocycles. The summed E-state index contributed by atoms with van der Waals surface area (Å²) in [5.74, 6) is 0.291. The highest BCUT2D eigenvalue weighted by molar-refractivity contribution is 9.11. The van der Waals surface area contributed by atoms with Gasteiger partial charge in [-0.15, -0.1) is 11.3 Å². The maximum Gasteiger partial charge on any atom is 0.262 e. The first-order chi connectivity index (χ1) is 11.4. The summed E-state index contributed by atoms with van der Waals surface area (Å²) in [6.45, 7) is 4.77. The second-order valence-electron chi connectivity index (χ2n) is 5.03. The molecule has 0 aromatic carbocycles. The lowest BCUT2D eigenvalue weighted by molar-refractivity contribution is -0.122. The van der Waals surface area contributed by atoms with Crippen LogP contribution in [0.1, 0.15) is 29.3 Å². The van der Waals surface area contributed by atoms with Crippen LogP contribution in [0.15, 0.2) is 15.9 Å². The number of rotatable bonds is 7. The molecule has 0 aliphatic carbocycles. The summed E-state index contributed by atoms with van der Waals surface area (Å²) in [6, 6.07) is 2.89. The van der Waals surface area contributed by atoms with E-state index in [-0.39, 0.29) is 11.8 Å². The minimum Gasteiger partial charge on any atom is -0.354 e. The van der Waals surface area contributed by atoms with E-state index < -0.39 is 6.04 Å². The van der Waals surface area contributed by atoms with Gasteiger partial charge in [0.15, 0.2) is 4.77 Å². The van der Waals surface area contributed by atoms with Crippen molar-refractivity contribution in [1.29, 1.82) is 0 Å². The fourth-order valence-electron chi connectivity index (χ4n) is 2.09. The fourth-order valence-corrected chi connectivity index (χ4v) is 3.66. The predicted octanol–water partition coefficient (Wildman–Crippen LogP) is 2.26. The number of hydrogen-bond donors (Lipinski definition) is 3. The van der Waals surface area contributed by atoms with Crippen molar-refractivity contribution < 1.29 is 9.59 Å². The Hall–Kier alpha value is -1.52. The zero-order chi connectivity index (χ0) is 17.7. The van der Waals surface area contributed by atoms with Gasteiger partial charge in [-0.3, -0.25) is 14.7 Å². The molecule has 0 aliphatic rings. The maximum atomic E-state index is 12.1. The van der Waals surface area contributed by atoms with Crippen LogP contribution in [0.5, 0.6) is 0 Å². The summed E-state index contributed by atoms with van der Waals surface area (Å²) in [5, 5.41) is 12.4. The van der Waals surface area contributed by atoms with E-state index in [1.807, 2.05) is 11.5 Å². The Balaban J connectivity index is 1.81. The summed E-state index contributed by atoms with van der Waals surface area (Å²) in [6.07, 6.45) is 0.561. The Kier molecular flexibility index (Phi) is 6.69. The van der Waals surface area contributed by atoms with Crippen LogP contribution in [0, 0.1) is 4.77 Å². The first-order valence-electron chi connectivity index (χ1n) is 7.40. The van der Waals surface area contributed by atoms with E-state index in [2.05, 4.69) is 36.8 Å². The summed E-state index contributed by atoms with van der Waals surface area (Å²) in [7, 11) is 0. The van der Waals surface area contributed by atoms with Gasteiger partial charge in [-0.05, 0) is 54.1 Å². The van der Waals surface area contributed by atoms with Gasteiger partial charge in [0.05, 0.1) is 8.66 Å². The largest absolute Gasteiger partial charge is 0.354 e. The molecule has 0 saturated carbocycles. The van der Waals surface area contributed by atoms with Crippen molar-refractivity contribution >= 4 is 51.3 Å². The third kappa shape index (κ3) is 4.74. The van der Waals surface area contributed by atoms with E-state index in [4.69, 9.17) is 12.2 Å². The summed E-state index contributed by atoms with van der Waals surface area (Å²) >= 11 is 9.75. The average molecular weight is 432 g/mol. The van der Waals surface area contributed by atoms with Gasteiger partial charge in [-0.2, -0.15) is 5.10 Å². The van der Waals surface area contributed by atoms with Crippen LogP contribution in [0.4, 0.5) is 0 Å². The number of nitrogens with one attached hydrogen (secondary N) is 3. The second kappa shape index (κ2) is 8.54. The number of aromatic amines is 1. The van der Waals surface area contributed by atoms with Crippen LogP contribution in [0.3, 0.4) is 0 Å². The lowest BCUT2D eigenvalue weighted by Gasteiger charge is -2.13. The molecular weight excluding hydrogens is 414 g/mol.